The van der Waals surface area contributed by atoms with Crippen LogP contribution in [0.1, 0.15) is 25.8 Å². The second-order valence-corrected chi connectivity index (χ2v) is 6.29. The summed E-state index contributed by atoms with van der Waals surface area (Å²) in [4.78, 5) is 10.3. The maximum atomic E-state index is 10.3. The number of carboxylic acids is 1. The molecule has 0 unspecified atom stereocenters. The molecule has 0 atom stereocenters. The van der Waals surface area contributed by atoms with Crippen molar-refractivity contribution in [3.05, 3.63) is 35.9 Å². The van der Waals surface area contributed by atoms with Gasteiger partial charge in [-0.05, 0) is 5.56 Å². The van der Waals surface area contributed by atoms with Gasteiger partial charge in [-0.1, -0.05) is 56.4 Å². The SMILES string of the molecule is CC.O=C(O)CCSC(=S)SCc1ccccc1. The Kier molecular flexibility index (Phi) is 11.2. The van der Waals surface area contributed by atoms with Gasteiger partial charge in [0, 0.05) is 11.5 Å². The lowest BCUT2D eigenvalue weighted by molar-refractivity contribution is -0.136. The Morgan fingerprint density at radius 3 is 2.39 bits per heavy atom. The molecule has 2 nitrogen and oxygen atoms in total. The number of hydrogen-bond acceptors (Lipinski definition) is 4. The van der Waals surface area contributed by atoms with Crippen LogP contribution in [-0.2, 0) is 10.5 Å². The normalized spacial score (nSPS) is 9.22. The number of carbonyl (C=O) groups is 1. The van der Waals surface area contributed by atoms with Crippen LogP contribution in [-0.4, -0.2) is 20.4 Å². The molecule has 0 aromatic heterocycles. The molecule has 1 aromatic rings. The maximum Gasteiger partial charge on any atom is 0.304 e. The smallest absolute Gasteiger partial charge is 0.304 e. The van der Waals surface area contributed by atoms with Crippen LogP contribution in [0.25, 0.3) is 0 Å². The van der Waals surface area contributed by atoms with Gasteiger partial charge in [0.25, 0.3) is 0 Å². The van der Waals surface area contributed by atoms with Crippen LogP contribution < -0.4 is 0 Å². The molecule has 1 aromatic carbocycles. The van der Waals surface area contributed by atoms with Crippen LogP contribution in [0.15, 0.2) is 30.3 Å². The van der Waals surface area contributed by atoms with Gasteiger partial charge in [-0.25, -0.2) is 0 Å². The first-order valence-electron chi connectivity index (χ1n) is 5.74. The molecular formula is C13H18O2S3. The van der Waals surface area contributed by atoms with Crippen LogP contribution >= 0.6 is 35.7 Å². The van der Waals surface area contributed by atoms with Crippen LogP contribution in [0.4, 0.5) is 0 Å². The minimum absolute atomic E-state index is 0.163. The maximum absolute atomic E-state index is 10.3. The summed E-state index contributed by atoms with van der Waals surface area (Å²) in [7, 11) is 0. The fraction of sp³-hybridized carbons (Fsp3) is 0.385. The van der Waals surface area contributed by atoms with E-state index in [9.17, 15) is 4.79 Å². The molecule has 5 heteroatoms. The second kappa shape index (κ2) is 11.6. The third kappa shape index (κ3) is 9.50. The van der Waals surface area contributed by atoms with Crippen molar-refractivity contribution in [2.24, 2.45) is 0 Å². The first-order chi connectivity index (χ1) is 8.68. The fourth-order valence-corrected chi connectivity index (χ4v) is 3.09. The summed E-state index contributed by atoms with van der Waals surface area (Å²) in [5.41, 5.74) is 1.23. The number of rotatable bonds is 5. The number of carboxylic acid groups (broad SMARTS) is 1. The average Bonchev–Trinajstić information content (AvgIpc) is 2.39. The van der Waals surface area contributed by atoms with Gasteiger partial charge in [-0.3, -0.25) is 4.79 Å². The molecule has 0 bridgehead atoms. The van der Waals surface area contributed by atoms with E-state index in [0.29, 0.717) is 5.75 Å². The van der Waals surface area contributed by atoms with Crippen molar-refractivity contribution in [3.63, 3.8) is 0 Å². The molecule has 100 valence electrons. The standard InChI is InChI=1S/C11H12O2S3.C2H6/c12-10(13)6-7-15-11(14)16-8-9-4-2-1-3-5-9;1-2/h1-5H,6-8H2,(H,12,13);1-2H3. The topological polar surface area (TPSA) is 37.3 Å². The summed E-state index contributed by atoms with van der Waals surface area (Å²) >= 11 is 8.16. The highest BCUT2D eigenvalue weighted by molar-refractivity contribution is 8.46. The Bertz CT molecular complexity index is 353. The number of aliphatic carboxylic acids is 1. The zero-order chi connectivity index (χ0) is 13.8. The van der Waals surface area contributed by atoms with Gasteiger partial charge in [-0.2, -0.15) is 0 Å². The molecule has 0 aliphatic rings. The van der Waals surface area contributed by atoms with E-state index in [4.69, 9.17) is 17.3 Å². The van der Waals surface area contributed by atoms with Crippen molar-refractivity contribution in [1.29, 1.82) is 0 Å². The molecule has 1 rings (SSSR count). The number of thioether (sulfide) groups is 2. The molecule has 0 radical (unpaired) electrons. The van der Waals surface area contributed by atoms with Crippen molar-refractivity contribution >= 4 is 45.2 Å². The summed E-state index contributed by atoms with van der Waals surface area (Å²) < 4.78 is 0.810. The first-order valence-corrected chi connectivity index (χ1v) is 8.11. The average molecular weight is 302 g/mol. The summed E-state index contributed by atoms with van der Waals surface area (Å²) in [6, 6.07) is 10.1. The Labute approximate surface area is 123 Å². The van der Waals surface area contributed by atoms with Gasteiger partial charge in [-0.15, -0.1) is 23.5 Å². The molecule has 0 aliphatic carbocycles. The molecular weight excluding hydrogens is 284 g/mol. The van der Waals surface area contributed by atoms with E-state index >= 15 is 0 Å². The quantitative estimate of drug-likeness (QED) is 0.814. The predicted molar refractivity (Wildman–Crippen MR) is 86.4 cm³/mol. The first kappa shape index (κ1) is 17.5. The Morgan fingerprint density at radius 1 is 1.22 bits per heavy atom. The van der Waals surface area contributed by atoms with Gasteiger partial charge in [0.1, 0.15) is 3.53 Å². The zero-order valence-electron chi connectivity index (χ0n) is 10.6. The van der Waals surface area contributed by atoms with Crippen LogP contribution in [0, 0.1) is 0 Å². The summed E-state index contributed by atoms with van der Waals surface area (Å²) in [6.07, 6.45) is 0.163. The number of benzene rings is 1. The minimum Gasteiger partial charge on any atom is -0.481 e. The van der Waals surface area contributed by atoms with Crippen LogP contribution in [0.3, 0.4) is 0 Å². The molecule has 0 fully saturated rings. The van der Waals surface area contributed by atoms with Crippen molar-refractivity contribution in [1.82, 2.24) is 0 Å². The highest BCUT2D eigenvalue weighted by atomic mass is 32.2. The highest BCUT2D eigenvalue weighted by Gasteiger charge is 2.02. The lowest BCUT2D eigenvalue weighted by Crippen LogP contribution is -1.97. The molecule has 0 saturated carbocycles. The van der Waals surface area contributed by atoms with Gasteiger partial charge < -0.3 is 5.11 Å². The second-order valence-electron chi connectivity index (χ2n) is 3.02. The summed E-state index contributed by atoms with van der Waals surface area (Å²) in [5, 5.41) is 8.47. The predicted octanol–water partition coefficient (Wildman–Crippen LogP) is 4.44. The van der Waals surface area contributed by atoms with E-state index in [1.165, 1.54) is 17.3 Å². The third-order valence-electron chi connectivity index (χ3n) is 1.74. The van der Waals surface area contributed by atoms with Crippen molar-refractivity contribution < 1.29 is 9.90 Å². The number of thiocarbonyl (C=S) groups is 1. The Morgan fingerprint density at radius 2 is 1.83 bits per heavy atom. The summed E-state index contributed by atoms with van der Waals surface area (Å²) in [6.45, 7) is 4.00. The van der Waals surface area contributed by atoms with Gasteiger partial charge in [0.05, 0.1) is 6.42 Å². The lowest BCUT2D eigenvalue weighted by atomic mass is 10.2. The highest BCUT2D eigenvalue weighted by Crippen LogP contribution is 2.22. The minimum atomic E-state index is -0.775. The third-order valence-corrected chi connectivity index (χ3v) is 4.51. The molecule has 0 aliphatic heterocycles. The molecule has 0 saturated heterocycles. The van der Waals surface area contributed by atoms with E-state index in [-0.39, 0.29) is 6.42 Å². The largest absolute Gasteiger partial charge is 0.481 e. The van der Waals surface area contributed by atoms with E-state index in [1.54, 1.807) is 11.8 Å². The van der Waals surface area contributed by atoms with Gasteiger partial charge >= 0.3 is 5.97 Å². The Hall–Kier alpha value is -0.520. The van der Waals surface area contributed by atoms with Crippen LogP contribution in [0.5, 0.6) is 0 Å². The van der Waals surface area contributed by atoms with Crippen molar-refractivity contribution in [2.45, 2.75) is 26.0 Å². The molecule has 0 spiro atoms. The van der Waals surface area contributed by atoms with E-state index in [2.05, 4.69) is 12.1 Å². The molecule has 1 N–H and O–H groups in total. The summed E-state index contributed by atoms with van der Waals surface area (Å²) in [5.74, 6) is 0.624. The van der Waals surface area contributed by atoms with Gasteiger partial charge in [0.15, 0.2) is 0 Å². The lowest BCUT2D eigenvalue weighted by Gasteiger charge is -2.02. The van der Waals surface area contributed by atoms with E-state index < -0.39 is 5.97 Å². The Balaban J connectivity index is 0.00000137. The number of hydrogen-bond donors (Lipinski definition) is 1. The van der Waals surface area contributed by atoms with E-state index in [1.807, 2.05) is 32.0 Å². The van der Waals surface area contributed by atoms with Crippen LogP contribution in [0.2, 0.25) is 0 Å². The molecule has 18 heavy (non-hydrogen) atoms. The van der Waals surface area contributed by atoms with Gasteiger partial charge in [0.2, 0.25) is 0 Å². The van der Waals surface area contributed by atoms with Crippen molar-refractivity contribution in [2.75, 3.05) is 5.75 Å². The van der Waals surface area contributed by atoms with Crippen molar-refractivity contribution in [3.8, 4) is 0 Å². The monoisotopic (exact) mass is 302 g/mol. The molecule has 0 heterocycles. The fourth-order valence-electron chi connectivity index (χ4n) is 0.980. The van der Waals surface area contributed by atoms with E-state index in [0.717, 1.165) is 9.28 Å². The molecule has 0 amide bonds. The zero-order valence-corrected chi connectivity index (χ0v) is 13.0.